The molecule has 1 aliphatic rings. The Kier molecular flexibility index (Phi) is 6.49. The molecule has 0 bridgehead atoms. The van der Waals surface area contributed by atoms with Gasteiger partial charge in [0, 0.05) is 30.1 Å². The van der Waals surface area contributed by atoms with Gasteiger partial charge in [0.1, 0.15) is 11.5 Å². The van der Waals surface area contributed by atoms with E-state index >= 15 is 0 Å². The number of carbonyl (C=O) groups is 3. The van der Waals surface area contributed by atoms with Crippen molar-refractivity contribution in [1.82, 2.24) is 4.90 Å². The van der Waals surface area contributed by atoms with Crippen molar-refractivity contribution in [3.63, 3.8) is 0 Å². The fourth-order valence-electron chi connectivity index (χ4n) is 3.38. The number of aliphatic carboxylic acids is 1. The van der Waals surface area contributed by atoms with Gasteiger partial charge in [0.25, 0.3) is 5.91 Å². The lowest BCUT2D eigenvalue weighted by Gasteiger charge is -2.31. The number of methoxy groups -OCH3 is 1. The summed E-state index contributed by atoms with van der Waals surface area (Å²) in [5.74, 6) is -0.215. The molecule has 0 unspecified atom stereocenters. The zero-order chi connectivity index (χ0) is 20.8. The maximum atomic E-state index is 12.8. The van der Waals surface area contributed by atoms with Gasteiger partial charge in [-0.25, -0.2) is 4.79 Å². The van der Waals surface area contributed by atoms with Gasteiger partial charge in [-0.15, -0.1) is 0 Å². The molecule has 7 heteroatoms. The van der Waals surface area contributed by atoms with Gasteiger partial charge in [0.05, 0.1) is 7.11 Å². The number of rotatable bonds is 7. The summed E-state index contributed by atoms with van der Waals surface area (Å²) in [6.45, 7) is 0.522. The molecule has 3 rings (SSSR count). The SMILES string of the molecule is COc1ccc(C(=O)C2CCN(C(=O)c3cccc(OCC(=O)O)c3)CC2)cc1. The average Bonchev–Trinajstić information content (AvgIpc) is 2.77. The molecular weight excluding hydrogens is 374 g/mol. The van der Waals surface area contributed by atoms with Crippen LogP contribution in [0.15, 0.2) is 48.5 Å². The van der Waals surface area contributed by atoms with E-state index in [2.05, 4.69) is 0 Å². The van der Waals surface area contributed by atoms with Crippen LogP contribution in [0.5, 0.6) is 11.5 Å². The molecule has 0 aromatic heterocycles. The van der Waals surface area contributed by atoms with Gasteiger partial charge in [-0.1, -0.05) is 6.07 Å². The average molecular weight is 397 g/mol. The molecule has 1 fully saturated rings. The lowest BCUT2D eigenvalue weighted by molar-refractivity contribution is -0.139. The van der Waals surface area contributed by atoms with Crippen LogP contribution in [0.1, 0.15) is 33.6 Å². The van der Waals surface area contributed by atoms with Crippen molar-refractivity contribution in [3.8, 4) is 11.5 Å². The van der Waals surface area contributed by atoms with Crippen molar-refractivity contribution in [2.24, 2.45) is 5.92 Å². The Labute approximate surface area is 168 Å². The lowest BCUT2D eigenvalue weighted by atomic mass is 9.88. The molecule has 0 saturated carbocycles. The Bertz CT molecular complexity index is 884. The van der Waals surface area contributed by atoms with E-state index in [4.69, 9.17) is 14.6 Å². The Hall–Kier alpha value is -3.35. The number of ketones is 1. The fraction of sp³-hybridized carbons (Fsp3) is 0.318. The number of benzene rings is 2. The highest BCUT2D eigenvalue weighted by atomic mass is 16.5. The van der Waals surface area contributed by atoms with Crippen LogP contribution in [-0.4, -0.2) is 54.5 Å². The molecule has 1 saturated heterocycles. The number of carboxylic acid groups (broad SMARTS) is 1. The van der Waals surface area contributed by atoms with Crippen LogP contribution in [0.2, 0.25) is 0 Å². The lowest BCUT2D eigenvalue weighted by Crippen LogP contribution is -2.40. The number of nitrogens with zero attached hydrogens (tertiary/aromatic N) is 1. The van der Waals surface area contributed by atoms with Gasteiger partial charge >= 0.3 is 5.97 Å². The van der Waals surface area contributed by atoms with Gasteiger partial charge in [-0.2, -0.15) is 0 Å². The molecule has 2 aromatic carbocycles. The van der Waals surface area contributed by atoms with Crippen LogP contribution in [0.4, 0.5) is 0 Å². The summed E-state index contributed by atoms with van der Waals surface area (Å²) >= 11 is 0. The van der Waals surface area contributed by atoms with E-state index in [1.165, 1.54) is 0 Å². The first-order valence-electron chi connectivity index (χ1n) is 9.40. The van der Waals surface area contributed by atoms with Crippen molar-refractivity contribution in [1.29, 1.82) is 0 Å². The molecule has 1 amide bonds. The van der Waals surface area contributed by atoms with Gasteiger partial charge < -0.3 is 19.5 Å². The number of amides is 1. The molecule has 29 heavy (non-hydrogen) atoms. The normalized spacial score (nSPS) is 14.3. The van der Waals surface area contributed by atoms with Crippen molar-refractivity contribution < 1.29 is 29.0 Å². The summed E-state index contributed by atoms with van der Waals surface area (Å²) < 4.78 is 10.3. The Balaban J connectivity index is 1.58. The zero-order valence-electron chi connectivity index (χ0n) is 16.2. The highest BCUT2D eigenvalue weighted by molar-refractivity contribution is 5.98. The summed E-state index contributed by atoms with van der Waals surface area (Å²) in [6.07, 6.45) is 1.21. The van der Waals surface area contributed by atoms with Crippen LogP contribution in [0, 0.1) is 5.92 Å². The van der Waals surface area contributed by atoms with Gasteiger partial charge in [-0.05, 0) is 55.3 Å². The smallest absolute Gasteiger partial charge is 0.341 e. The van der Waals surface area contributed by atoms with E-state index in [-0.39, 0.29) is 17.6 Å². The second kappa shape index (κ2) is 9.23. The van der Waals surface area contributed by atoms with E-state index in [1.807, 2.05) is 0 Å². The highest BCUT2D eigenvalue weighted by Gasteiger charge is 2.28. The predicted molar refractivity (Wildman–Crippen MR) is 106 cm³/mol. The number of likely N-dealkylation sites (tertiary alicyclic amines) is 1. The molecule has 0 atom stereocenters. The molecule has 0 aliphatic carbocycles. The van der Waals surface area contributed by atoms with Crippen molar-refractivity contribution >= 4 is 17.7 Å². The number of carboxylic acids is 1. The van der Waals surface area contributed by atoms with Gasteiger partial charge in [0.15, 0.2) is 12.4 Å². The van der Waals surface area contributed by atoms with Gasteiger partial charge in [0.2, 0.25) is 0 Å². The first kappa shape index (κ1) is 20.4. The summed E-state index contributed by atoms with van der Waals surface area (Å²) in [7, 11) is 1.58. The number of hydrogen-bond donors (Lipinski definition) is 1. The number of Topliss-reactive ketones (excluding diaryl/α,β-unsaturated/α-hetero) is 1. The zero-order valence-corrected chi connectivity index (χ0v) is 16.2. The number of carbonyl (C=O) groups excluding carboxylic acids is 2. The first-order valence-corrected chi connectivity index (χ1v) is 9.40. The maximum Gasteiger partial charge on any atom is 0.341 e. The van der Waals surface area contributed by atoms with E-state index in [1.54, 1.807) is 60.5 Å². The van der Waals surface area contributed by atoms with Crippen LogP contribution in [-0.2, 0) is 4.79 Å². The summed E-state index contributed by atoms with van der Waals surface area (Å²) in [5, 5.41) is 8.70. The molecular formula is C22H23NO6. The maximum absolute atomic E-state index is 12.8. The van der Waals surface area contributed by atoms with Crippen molar-refractivity contribution in [2.75, 3.05) is 26.8 Å². The van der Waals surface area contributed by atoms with Crippen LogP contribution in [0.25, 0.3) is 0 Å². The molecule has 2 aromatic rings. The molecule has 1 N–H and O–H groups in total. The third-order valence-corrected chi connectivity index (χ3v) is 4.97. The molecule has 7 nitrogen and oxygen atoms in total. The molecule has 152 valence electrons. The number of piperidine rings is 1. The molecule has 1 heterocycles. The number of ether oxygens (including phenoxy) is 2. The highest BCUT2D eigenvalue weighted by Crippen LogP contribution is 2.25. The van der Waals surface area contributed by atoms with Crippen molar-refractivity contribution in [3.05, 3.63) is 59.7 Å². The summed E-state index contributed by atoms with van der Waals surface area (Å²) in [4.78, 5) is 37.8. The summed E-state index contributed by atoms with van der Waals surface area (Å²) in [5.41, 5.74) is 1.09. The molecule has 0 radical (unpaired) electrons. The molecule has 0 spiro atoms. The fourth-order valence-corrected chi connectivity index (χ4v) is 3.38. The molecule has 1 aliphatic heterocycles. The minimum atomic E-state index is -1.08. The Morgan fingerprint density at radius 1 is 1.00 bits per heavy atom. The number of hydrogen-bond acceptors (Lipinski definition) is 5. The van der Waals surface area contributed by atoms with Crippen LogP contribution < -0.4 is 9.47 Å². The van der Waals surface area contributed by atoms with E-state index in [9.17, 15) is 14.4 Å². The minimum absolute atomic E-state index is 0.0869. The first-order chi connectivity index (χ1) is 14.0. The standard InChI is InChI=1S/C22H23NO6/c1-28-18-7-5-15(6-8-18)21(26)16-9-11-23(12-10-16)22(27)17-3-2-4-19(13-17)29-14-20(24)25/h2-8,13,16H,9-12,14H2,1H3,(H,24,25). The summed E-state index contributed by atoms with van der Waals surface area (Å²) in [6, 6.07) is 13.5. The predicted octanol–water partition coefficient (Wildman–Crippen LogP) is 2.89. The Morgan fingerprint density at radius 3 is 2.31 bits per heavy atom. The van der Waals surface area contributed by atoms with E-state index in [0.717, 1.165) is 0 Å². The van der Waals surface area contributed by atoms with Gasteiger partial charge in [-0.3, -0.25) is 9.59 Å². The Morgan fingerprint density at radius 2 is 1.69 bits per heavy atom. The topological polar surface area (TPSA) is 93.1 Å². The second-order valence-electron chi connectivity index (χ2n) is 6.87. The van der Waals surface area contributed by atoms with Crippen LogP contribution in [0.3, 0.4) is 0 Å². The quantitative estimate of drug-likeness (QED) is 0.722. The minimum Gasteiger partial charge on any atom is -0.497 e. The monoisotopic (exact) mass is 397 g/mol. The third-order valence-electron chi connectivity index (χ3n) is 4.97. The largest absolute Gasteiger partial charge is 0.497 e. The van der Waals surface area contributed by atoms with E-state index < -0.39 is 12.6 Å². The van der Waals surface area contributed by atoms with E-state index in [0.29, 0.717) is 48.6 Å². The second-order valence-corrected chi connectivity index (χ2v) is 6.87. The van der Waals surface area contributed by atoms with Crippen molar-refractivity contribution in [2.45, 2.75) is 12.8 Å². The third kappa shape index (κ3) is 5.13. The van der Waals surface area contributed by atoms with Crippen LogP contribution >= 0.6 is 0 Å².